The molecule has 2 aliphatic rings. The fraction of sp³-hybridized carbons (Fsp3) is 0.615. The Bertz CT molecular complexity index is 398. The molecule has 0 amide bonds. The second kappa shape index (κ2) is 4.78. The third-order valence-electron chi connectivity index (χ3n) is 3.91. The summed E-state index contributed by atoms with van der Waals surface area (Å²) >= 11 is 1.55. The smallest absolute Gasteiger partial charge is 0.160 e. The minimum atomic E-state index is 0.733. The number of likely N-dealkylation sites (tertiary alicyclic amines) is 1. The normalized spacial score (nSPS) is 25.6. The van der Waals surface area contributed by atoms with Crippen LogP contribution in [-0.4, -0.2) is 43.4 Å². The lowest BCUT2D eigenvalue weighted by Gasteiger charge is -2.23. The Hall–Kier alpha value is -0.870. The molecule has 3 heterocycles. The maximum atomic E-state index is 10.7. The van der Waals surface area contributed by atoms with Crippen molar-refractivity contribution in [2.24, 2.45) is 0 Å². The quantitative estimate of drug-likeness (QED) is 0.769. The van der Waals surface area contributed by atoms with Crippen LogP contribution in [0.1, 0.15) is 28.9 Å². The van der Waals surface area contributed by atoms with E-state index in [1.54, 1.807) is 11.3 Å². The van der Waals surface area contributed by atoms with E-state index < -0.39 is 0 Å². The number of anilines is 1. The topological polar surface area (TPSA) is 23.6 Å². The van der Waals surface area contributed by atoms with E-state index in [9.17, 15) is 4.79 Å². The van der Waals surface area contributed by atoms with Crippen LogP contribution < -0.4 is 4.90 Å². The van der Waals surface area contributed by atoms with Gasteiger partial charge in [-0.25, -0.2) is 0 Å². The first-order valence-electron chi connectivity index (χ1n) is 6.39. The standard InChI is InChI=1S/C13H18N2OS/c16-9-13-7-12(10-17-13)15-6-3-11(8-15)14-4-1-2-5-14/h7,9-11H,1-6,8H2. The first-order valence-corrected chi connectivity index (χ1v) is 7.27. The molecule has 0 radical (unpaired) electrons. The van der Waals surface area contributed by atoms with E-state index in [1.165, 1.54) is 38.0 Å². The van der Waals surface area contributed by atoms with Crippen molar-refractivity contribution in [1.82, 2.24) is 4.90 Å². The van der Waals surface area contributed by atoms with Gasteiger partial charge in [-0.05, 0) is 38.4 Å². The van der Waals surface area contributed by atoms with Crippen LogP contribution in [-0.2, 0) is 0 Å². The molecule has 0 saturated carbocycles. The Morgan fingerprint density at radius 1 is 1.29 bits per heavy atom. The second-order valence-corrected chi connectivity index (χ2v) is 5.90. The van der Waals surface area contributed by atoms with Crippen molar-refractivity contribution < 1.29 is 4.79 Å². The van der Waals surface area contributed by atoms with Crippen LogP contribution >= 0.6 is 11.3 Å². The van der Waals surface area contributed by atoms with Crippen molar-refractivity contribution in [3.05, 3.63) is 16.3 Å². The molecule has 3 nitrogen and oxygen atoms in total. The van der Waals surface area contributed by atoms with Crippen LogP contribution in [0.5, 0.6) is 0 Å². The monoisotopic (exact) mass is 250 g/mol. The summed E-state index contributed by atoms with van der Waals surface area (Å²) in [6.07, 6.45) is 4.95. The van der Waals surface area contributed by atoms with E-state index in [0.717, 1.165) is 30.3 Å². The van der Waals surface area contributed by atoms with Gasteiger partial charge in [-0.2, -0.15) is 0 Å². The molecule has 4 heteroatoms. The number of hydrogen-bond acceptors (Lipinski definition) is 4. The Morgan fingerprint density at radius 3 is 2.82 bits per heavy atom. The molecule has 1 unspecified atom stereocenters. The van der Waals surface area contributed by atoms with Gasteiger partial charge in [0.05, 0.1) is 4.88 Å². The van der Waals surface area contributed by atoms with Crippen LogP contribution in [0.4, 0.5) is 5.69 Å². The molecule has 0 N–H and O–H groups in total. The summed E-state index contributed by atoms with van der Waals surface area (Å²) in [5, 5.41) is 2.11. The van der Waals surface area contributed by atoms with E-state index in [4.69, 9.17) is 0 Å². The highest BCUT2D eigenvalue weighted by molar-refractivity contribution is 7.12. The zero-order valence-electron chi connectivity index (χ0n) is 9.97. The molecule has 2 saturated heterocycles. The Morgan fingerprint density at radius 2 is 2.12 bits per heavy atom. The predicted octanol–water partition coefficient (Wildman–Crippen LogP) is 2.24. The first kappa shape index (κ1) is 11.2. The molecular weight excluding hydrogens is 232 g/mol. The highest BCUT2D eigenvalue weighted by Crippen LogP contribution is 2.28. The van der Waals surface area contributed by atoms with E-state index in [0.29, 0.717) is 0 Å². The molecule has 1 atom stereocenters. The summed E-state index contributed by atoms with van der Waals surface area (Å²) in [4.78, 5) is 16.6. The van der Waals surface area contributed by atoms with Gasteiger partial charge in [-0.1, -0.05) is 0 Å². The summed E-state index contributed by atoms with van der Waals surface area (Å²) in [5.41, 5.74) is 1.23. The lowest BCUT2D eigenvalue weighted by Crippen LogP contribution is -2.35. The minimum absolute atomic E-state index is 0.733. The Labute approximate surface area is 106 Å². The maximum absolute atomic E-state index is 10.7. The van der Waals surface area contributed by atoms with Gasteiger partial charge in [0, 0.05) is 30.2 Å². The summed E-state index contributed by atoms with van der Waals surface area (Å²) < 4.78 is 0. The number of nitrogens with zero attached hydrogens (tertiary/aromatic N) is 2. The molecule has 1 aromatic heterocycles. The van der Waals surface area contributed by atoms with Crippen LogP contribution in [0.3, 0.4) is 0 Å². The molecule has 3 rings (SSSR count). The van der Waals surface area contributed by atoms with Gasteiger partial charge in [0.2, 0.25) is 0 Å². The van der Waals surface area contributed by atoms with Gasteiger partial charge in [0.25, 0.3) is 0 Å². The molecule has 1 aromatic rings. The van der Waals surface area contributed by atoms with E-state index in [1.807, 2.05) is 6.07 Å². The van der Waals surface area contributed by atoms with Crippen molar-refractivity contribution >= 4 is 23.3 Å². The average molecular weight is 250 g/mol. The Balaban J connectivity index is 1.64. The van der Waals surface area contributed by atoms with Crippen molar-refractivity contribution in [2.75, 3.05) is 31.1 Å². The molecule has 2 aliphatic heterocycles. The van der Waals surface area contributed by atoms with Gasteiger partial charge >= 0.3 is 0 Å². The lowest BCUT2D eigenvalue weighted by molar-refractivity contribution is 0.112. The summed E-state index contributed by atoms with van der Waals surface area (Å²) in [6.45, 7) is 4.83. The number of thiophene rings is 1. The Kier molecular flexibility index (Phi) is 3.16. The average Bonchev–Trinajstić information content (AvgIpc) is 3.09. The molecule has 0 spiro atoms. The zero-order chi connectivity index (χ0) is 11.7. The molecular formula is C13H18N2OS. The van der Waals surface area contributed by atoms with Crippen molar-refractivity contribution in [2.45, 2.75) is 25.3 Å². The molecule has 2 fully saturated rings. The van der Waals surface area contributed by atoms with Gasteiger partial charge < -0.3 is 4.90 Å². The van der Waals surface area contributed by atoms with Gasteiger partial charge in [0.15, 0.2) is 6.29 Å². The highest BCUT2D eigenvalue weighted by Gasteiger charge is 2.29. The molecule has 0 bridgehead atoms. The fourth-order valence-corrected chi connectivity index (χ4v) is 3.67. The maximum Gasteiger partial charge on any atom is 0.160 e. The number of hydrogen-bond donors (Lipinski definition) is 0. The largest absolute Gasteiger partial charge is 0.369 e. The number of aldehydes is 1. The summed E-state index contributed by atoms with van der Waals surface area (Å²) in [5.74, 6) is 0. The predicted molar refractivity (Wildman–Crippen MR) is 71.1 cm³/mol. The van der Waals surface area contributed by atoms with Crippen LogP contribution in [0.15, 0.2) is 11.4 Å². The summed E-state index contributed by atoms with van der Waals surface area (Å²) in [6, 6.07) is 2.75. The van der Waals surface area contributed by atoms with E-state index in [2.05, 4.69) is 15.2 Å². The van der Waals surface area contributed by atoms with Crippen LogP contribution in [0, 0.1) is 0 Å². The molecule has 17 heavy (non-hydrogen) atoms. The zero-order valence-corrected chi connectivity index (χ0v) is 10.8. The van der Waals surface area contributed by atoms with Crippen LogP contribution in [0.2, 0.25) is 0 Å². The SMILES string of the molecule is O=Cc1cc(N2CCC(N3CCCC3)C2)cs1. The van der Waals surface area contributed by atoms with Gasteiger partial charge in [0.1, 0.15) is 0 Å². The van der Waals surface area contributed by atoms with E-state index >= 15 is 0 Å². The van der Waals surface area contributed by atoms with Gasteiger partial charge in [-0.15, -0.1) is 11.3 Å². The third kappa shape index (κ3) is 2.24. The molecule has 92 valence electrons. The molecule has 0 aliphatic carbocycles. The number of carbonyl (C=O) groups excluding carboxylic acids is 1. The van der Waals surface area contributed by atoms with Gasteiger partial charge in [-0.3, -0.25) is 9.69 Å². The summed E-state index contributed by atoms with van der Waals surface area (Å²) in [7, 11) is 0. The van der Waals surface area contributed by atoms with E-state index in [-0.39, 0.29) is 0 Å². The minimum Gasteiger partial charge on any atom is -0.369 e. The van der Waals surface area contributed by atoms with Crippen molar-refractivity contribution in [1.29, 1.82) is 0 Å². The number of rotatable bonds is 3. The van der Waals surface area contributed by atoms with Crippen LogP contribution in [0.25, 0.3) is 0 Å². The lowest BCUT2D eigenvalue weighted by atomic mass is 10.2. The highest BCUT2D eigenvalue weighted by atomic mass is 32.1. The van der Waals surface area contributed by atoms with Crippen molar-refractivity contribution in [3.8, 4) is 0 Å². The fourth-order valence-electron chi connectivity index (χ4n) is 2.95. The van der Waals surface area contributed by atoms with Crippen molar-refractivity contribution in [3.63, 3.8) is 0 Å². The molecule has 0 aromatic carbocycles. The third-order valence-corrected chi connectivity index (χ3v) is 4.75. The number of carbonyl (C=O) groups is 1. The second-order valence-electron chi connectivity index (χ2n) is 4.96. The first-order chi connectivity index (χ1) is 8.36.